The molecule has 0 heterocycles. The molecule has 0 rings (SSSR count). The van der Waals surface area contributed by atoms with E-state index in [1.54, 1.807) is 0 Å². The predicted molar refractivity (Wildman–Crippen MR) is 98.3 cm³/mol. The highest BCUT2D eigenvalue weighted by atomic mass is 31.2. The van der Waals surface area contributed by atoms with E-state index in [0.29, 0.717) is 25.4 Å². The van der Waals surface area contributed by atoms with Crippen LogP contribution in [0.2, 0.25) is 0 Å². The highest BCUT2D eigenvalue weighted by Gasteiger charge is 2.60. The second-order valence-corrected chi connectivity index (χ2v) is 10.9. The molecule has 0 bridgehead atoms. The first kappa shape index (κ1) is 18.6. The van der Waals surface area contributed by atoms with Crippen LogP contribution >= 0.6 is 15.2 Å². The predicted octanol–water partition coefficient (Wildman–Crippen LogP) is 2.67. The molecule has 0 fully saturated rings. The summed E-state index contributed by atoms with van der Waals surface area (Å²) in [5.74, 6) is 0.548. The summed E-state index contributed by atoms with van der Waals surface area (Å²) in [5.41, 5.74) is 0. The normalized spacial score (nSPS) is 23.8. The van der Waals surface area contributed by atoms with Crippen molar-refractivity contribution in [2.24, 2.45) is 17.8 Å². The molecule has 0 spiro atoms. The lowest BCUT2D eigenvalue weighted by Crippen LogP contribution is -2.37. The molecule has 0 amide bonds. The summed E-state index contributed by atoms with van der Waals surface area (Å²) in [6.45, 7) is 6.15. The van der Waals surface area contributed by atoms with Gasteiger partial charge in [-0.15, -0.1) is 0 Å². The summed E-state index contributed by atoms with van der Waals surface area (Å²) in [4.78, 5) is 29.9. The van der Waals surface area contributed by atoms with E-state index in [2.05, 4.69) is 4.52 Å². The van der Waals surface area contributed by atoms with Crippen molar-refractivity contribution in [2.75, 3.05) is 26.7 Å². The molecular weight excluding hydrogens is 368 g/mol. The molecule has 0 aliphatic heterocycles. The van der Waals surface area contributed by atoms with E-state index in [1.807, 2.05) is 27.7 Å². The number of hydrogen-bond acceptors (Lipinski definition) is 5. The van der Waals surface area contributed by atoms with E-state index in [0.717, 1.165) is 4.90 Å². The summed E-state index contributed by atoms with van der Waals surface area (Å²) in [6.07, 6.45) is -3.19. The van der Waals surface area contributed by atoms with Gasteiger partial charge in [-0.1, -0.05) is 34.6 Å². The Morgan fingerprint density at radius 2 is 1.72 bits per heavy atom. The lowest BCUT2D eigenvalue weighted by Gasteiger charge is -2.34. The Kier molecular flexibility index (Phi) is 7.40. The van der Waals surface area contributed by atoms with E-state index in [1.165, 1.54) is 6.92 Å². The molecule has 0 aromatic carbocycles. The molecule has 0 radical (unpaired) electrons. The molecular formula is C15H35NO7P2. The Hall–Kier alpha value is 0.220. The van der Waals surface area contributed by atoms with Crippen LogP contribution < -0.4 is 0 Å². The minimum Gasteiger partial charge on any atom is -0.367 e. The minimum absolute atomic E-state index is 0.0000209. The first-order chi connectivity index (χ1) is 12.7. The first-order valence-corrected chi connectivity index (χ1v) is 11.3. The zero-order valence-electron chi connectivity index (χ0n) is 19.7. The van der Waals surface area contributed by atoms with Gasteiger partial charge < -0.3 is 29.2 Å². The Labute approximate surface area is 156 Å². The van der Waals surface area contributed by atoms with Gasteiger partial charge in [-0.05, 0) is 30.7 Å². The molecule has 8 nitrogen and oxygen atoms in total. The van der Waals surface area contributed by atoms with Crippen LogP contribution in [0.15, 0.2) is 0 Å². The van der Waals surface area contributed by atoms with Crippen LogP contribution in [-0.4, -0.2) is 56.5 Å². The van der Waals surface area contributed by atoms with Gasteiger partial charge in [0.2, 0.25) is 0 Å². The van der Waals surface area contributed by atoms with Gasteiger partial charge in [0, 0.05) is 32.0 Å². The third-order valence-electron chi connectivity index (χ3n) is 4.26. The quantitative estimate of drug-likeness (QED) is 0.364. The molecule has 10 heteroatoms. The molecule has 0 saturated carbocycles. The average molecular weight is 407 g/mol. The van der Waals surface area contributed by atoms with Crippen molar-refractivity contribution in [1.29, 1.82) is 0 Å². The summed E-state index contributed by atoms with van der Waals surface area (Å²) < 4.78 is 61.0. The van der Waals surface area contributed by atoms with Gasteiger partial charge in [0.1, 0.15) is 0 Å². The minimum atomic E-state index is -6.09. The SMILES string of the molecule is [2H]C([2H])(N(CC)CC(C)CC(C)C(C)C)C([2H])([2H])C(O)(P(=O)(O)O)P(=O)(O)OC. The van der Waals surface area contributed by atoms with Gasteiger partial charge in [-0.2, -0.15) is 0 Å². The van der Waals surface area contributed by atoms with Crippen molar-refractivity contribution in [1.82, 2.24) is 4.90 Å². The molecule has 0 aromatic heterocycles. The fourth-order valence-electron chi connectivity index (χ4n) is 2.20. The van der Waals surface area contributed by atoms with E-state index in [4.69, 9.17) is 5.48 Å². The molecule has 4 N–H and O–H groups in total. The smallest absolute Gasteiger partial charge is 0.367 e. The monoisotopic (exact) mass is 407 g/mol. The summed E-state index contributed by atoms with van der Waals surface area (Å²) in [7, 11) is -11.2. The van der Waals surface area contributed by atoms with Crippen LogP contribution in [0.5, 0.6) is 0 Å². The van der Waals surface area contributed by atoms with Crippen molar-refractivity contribution in [3.05, 3.63) is 0 Å². The fraction of sp³-hybridized carbons (Fsp3) is 1.00. The van der Waals surface area contributed by atoms with Crippen molar-refractivity contribution in [3.8, 4) is 0 Å². The largest absolute Gasteiger partial charge is 0.371 e. The summed E-state index contributed by atoms with van der Waals surface area (Å²) >= 11 is 0. The molecule has 4 unspecified atom stereocenters. The van der Waals surface area contributed by atoms with Crippen molar-refractivity contribution >= 4 is 15.2 Å². The maximum atomic E-state index is 12.3. The van der Waals surface area contributed by atoms with E-state index >= 15 is 0 Å². The Bertz CT molecular complexity index is 646. The maximum absolute atomic E-state index is 12.3. The molecule has 0 aromatic rings. The second-order valence-electron chi connectivity index (χ2n) is 6.72. The molecule has 25 heavy (non-hydrogen) atoms. The number of aliphatic hydroxyl groups is 1. The van der Waals surface area contributed by atoms with Crippen LogP contribution in [0.25, 0.3) is 0 Å². The topological polar surface area (TPSA) is 128 Å². The van der Waals surface area contributed by atoms with Gasteiger partial charge in [-0.3, -0.25) is 9.13 Å². The van der Waals surface area contributed by atoms with Gasteiger partial charge in [0.15, 0.2) is 0 Å². The number of rotatable bonds is 12. The first-order valence-electron chi connectivity index (χ1n) is 10.2. The zero-order valence-corrected chi connectivity index (χ0v) is 17.5. The molecule has 4 atom stereocenters. The zero-order chi connectivity index (χ0) is 23.6. The van der Waals surface area contributed by atoms with Crippen LogP contribution in [0.1, 0.15) is 52.9 Å². The Morgan fingerprint density at radius 3 is 2.08 bits per heavy atom. The van der Waals surface area contributed by atoms with Gasteiger partial charge in [0.25, 0.3) is 5.08 Å². The lowest BCUT2D eigenvalue weighted by molar-refractivity contribution is 0.0997. The highest BCUT2D eigenvalue weighted by molar-refractivity contribution is 7.72. The summed E-state index contributed by atoms with van der Waals surface area (Å²) in [5, 5.41) is 6.18. The fourth-order valence-corrected chi connectivity index (χ4v) is 4.40. The van der Waals surface area contributed by atoms with Gasteiger partial charge in [0.05, 0.1) is 0 Å². The third kappa shape index (κ3) is 7.04. The van der Waals surface area contributed by atoms with Crippen LogP contribution in [0, 0.1) is 17.8 Å². The van der Waals surface area contributed by atoms with Crippen molar-refractivity contribution in [2.45, 2.75) is 52.5 Å². The maximum Gasteiger partial charge on any atom is 0.371 e. The third-order valence-corrected chi connectivity index (χ3v) is 8.11. The molecule has 0 saturated heterocycles. The summed E-state index contributed by atoms with van der Waals surface area (Å²) in [6, 6.07) is 0. The highest BCUT2D eigenvalue weighted by Crippen LogP contribution is 2.71. The molecule has 0 aliphatic carbocycles. The molecule has 0 aliphatic rings. The van der Waals surface area contributed by atoms with Crippen molar-refractivity contribution in [3.63, 3.8) is 0 Å². The Balaban J connectivity index is 6.19. The van der Waals surface area contributed by atoms with E-state index < -0.39 is 33.1 Å². The second kappa shape index (κ2) is 9.95. The average Bonchev–Trinajstić information content (AvgIpc) is 2.56. The van der Waals surface area contributed by atoms with Crippen LogP contribution in [0.4, 0.5) is 0 Å². The lowest BCUT2D eigenvalue weighted by atomic mass is 9.88. The number of hydrogen-bond donors (Lipinski definition) is 4. The van der Waals surface area contributed by atoms with Gasteiger partial charge >= 0.3 is 15.2 Å². The molecule has 152 valence electrons. The Morgan fingerprint density at radius 1 is 1.20 bits per heavy atom. The van der Waals surface area contributed by atoms with Crippen LogP contribution in [-0.2, 0) is 13.7 Å². The van der Waals surface area contributed by atoms with E-state index in [-0.39, 0.29) is 19.0 Å². The van der Waals surface area contributed by atoms with E-state index in [9.17, 15) is 28.9 Å². The number of nitrogens with zero attached hydrogens (tertiary/aromatic N) is 1. The van der Waals surface area contributed by atoms with Crippen molar-refractivity contribution < 1.29 is 38.9 Å². The standard InChI is InChI=1S/C15H35NO7P2/c1-7-16(11-13(4)10-14(5)12(2)3)9-8-15(17,24(18,19)20)25(21,22)23-6/h12-14,17H,7-11H2,1-6H3,(H,21,22)(H2,18,19,20)/i8D2,9D2. The van der Waals surface area contributed by atoms with Gasteiger partial charge in [-0.25, -0.2) is 0 Å². The van der Waals surface area contributed by atoms with Crippen LogP contribution in [0.3, 0.4) is 0 Å².